The third-order valence-corrected chi connectivity index (χ3v) is 1.36. The molecule has 0 aromatic rings. The SMILES string of the molecule is C=C.C=C.C=C.C=C.CO.CO.CO[PH](=O)[O-].CO[PH](C)=O.C[PH](C)=O.C[PH](C)=S.[Y].[Y].[Y].[Y]. The largest absolute Gasteiger partial charge is 0.781 e. The van der Waals surface area contributed by atoms with E-state index in [2.05, 4.69) is 75.0 Å². The van der Waals surface area contributed by atoms with Gasteiger partial charge < -0.3 is 33.3 Å². The summed E-state index contributed by atoms with van der Waals surface area (Å²) in [6.45, 7) is 32.8. The van der Waals surface area contributed by atoms with Crippen molar-refractivity contribution in [1.29, 1.82) is 0 Å². The van der Waals surface area contributed by atoms with Crippen LogP contribution in [0.1, 0.15) is 0 Å². The molecule has 0 aromatic carbocycles. The molecule has 0 saturated carbocycles. The van der Waals surface area contributed by atoms with Crippen molar-refractivity contribution in [3.8, 4) is 0 Å². The predicted molar refractivity (Wildman–Crippen MR) is 148 cm³/mol. The van der Waals surface area contributed by atoms with Crippen LogP contribution >= 0.6 is 30.8 Å². The molecule has 0 saturated heterocycles. The zero-order chi connectivity index (χ0) is 27.7. The van der Waals surface area contributed by atoms with Crippen LogP contribution in [0.3, 0.4) is 0 Å². The molecule has 8 nitrogen and oxygen atoms in total. The van der Waals surface area contributed by atoms with Crippen LogP contribution in [-0.4, -0.2) is 72.0 Å². The Morgan fingerprint density at radius 2 is 0.676 bits per heavy atom. The van der Waals surface area contributed by atoms with Gasteiger partial charge in [-0.1, -0.05) is 6.70 Å². The summed E-state index contributed by atoms with van der Waals surface area (Å²) in [4.78, 5) is 9.22. The molecule has 0 heterocycles. The molecule has 0 bridgehead atoms. The minimum atomic E-state index is -2.87. The van der Waals surface area contributed by atoms with Crippen LogP contribution in [0.4, 0.5) is 0 Å². The average molecular weight is 893 g/mol. The summed E-state index contributed by atoms with van der Waals surface area (Å²) in [7, 11) is -1.08. The molecule has 17 heteroatoms. The summed E-state index contributed by atoms with van der Waals surface area (Å²) >= 11 is 4.72. The molecule has 2 atom stereocenters. The first-order chi connectivity index (χ1) is 14.0. The second kappa shape index (κ2) is 146. The van der Waals surface area contributed by atoms with E-state index in [0.717, 1.165) is 21.3 Å². The smallest absolute Gasteiger partial charge is 0.188 e. The van der Waals surface area contributed by atoms with Crippen molar-refractivity contribution in [2.45, 2.75) is 0 Å². The van der Waals surface area contributed by atoms with Crippen molar-refractivity contribution in [3.05, 3.63) is 52.6 Å². The Balaban J connectivity index is -0.0000000111. The van der Waals surface area contributed by atoms with Crippen molar-refractivity contribution in [3.63, 3.8) is 0 Å². The van der Waals surface area contributed by atoms with E-state index in [-0.39, 0.29) is 138 Å². The van der Waals surface area contributed by atoms with E-state index in [9.17, 15) is 18.6 Å². The Labute approximate surface area is 320 Å². The van der Waals surface area contributed by atoms with E-state index in [1.54, 1.807) is 20.0 Å². The molecule has 4 radical (unpaired) electrons. The molecule has 2 N–H and O–H groups in total. The molecule has 0 spiro atoms. The summed E-state index contributed by atoms with van der Waals surface area (Å²) in [5.74, 6) is 0. The van der Waals surface area contributed by atoms with Crippen molar-refractivity contribution in [2.24, 2.45) is 0 Å². The number of hydrogen-bond acceptors (Lipinski definition) is 9. The predicted octanol–water partition coefficient (Wildman–Crippen LogP) is 4.26. The van der Waals surface area contributed by atoms with Crippen LogP contribution in [0.15, 0.2) is 52.6 Å². The molecule has 0 rings (SSSR count). The van der Waals surface area contributed by atoms with Crippen molar-refractivity contribution in [1.82, 2.24) is 0 Å². The fraction of sp³-hybridized carbons (Fsp3) is 0.529. The second-order valence-electron chi connectivity index (χ2n) is 2.97. The summed E-state index contributed by atoms with van der Waals surface area (Å²) in [5.41, 5.74) is 0. The van der Waals surface area contributed by atoms with Crippen LogP contribution in [0.25, 0.3) is 0 Å². The summed E-state index contributed by atoms with van der Waals surface area (Å²) in [5, 5.41) is 14.0. The van der Waals surface area contributed by atoms with Crippen molar-refractivity contribution >= 4 is 42.6 Å². The Kier molecular flexibility index (Phi) is 387. The number of aliphatic hydroxyl groups excluding tert-OH is 2. The summed E-state index contributed by atoms with van der Waals surface area (Å²) in [6.07, 6.45) is 0. The first-order valence-electron chi connectivity index (χ1n) is 7.64. The maximum absolute atomic E-state index is 9.78. The first kappa shape index (κ1) is 90.2. The van der Waals surface area contributed by atoms with Gasteiger partial charge in [-0.2, -0.15) is 0 Å². The molecule has 0 aliphatic carbocycles. The van der Waals surface area contributed by atoms with Gasteiger partial charge in [-0.15, -0.1) is 64.4 Å². The van der Waals surface area contributed by atoms with Gasteiger partial charge in [0.15, 0.2) is 8.03 Å². The quantitative estimate of drug-likeness (QED) is 0.309. The number of hydrogen-bond donors (Lipinski definition) is 2. The maximum Gasteiger partial charge on any atom is 0.188 e. The van der Waals surface area contributed by atoms with Gasteiger partial charge in [-0.3, -0.25) is 4.57 Å². The van der Waals surface area contributed by atoms with Gasteiger partial charge in [-0.25, -0.2) is 0 Å². The molecule has 34 heavy (non-hydrogen) atoms. The van der Waals surface area contributed by atoms with Crippen molar-refractivity contribution < 1.29 is 169 Å². The Morgan fingerprint density at radius 1 is 0.618 bits per heavy atom. The molecular formula is C17H49O8P4SY4-. The van der Waals surface area contributed by atoms with Crippen LogP contribution < -0.4 is 4.89 Å². The van der Waals surface area contributed by atoms with Crippen LogP contribution in [-0.2, 0) is 165 Å². The van der Waals surface area contributed by atoms with Gasteiger partial charge >= 0.3 is 0 Å². The third-order valence-electron chi connectivity index (χ3n) is 0.454. The normalized spacial score (nSPS) is 7.24. The minimum Gasteiger partial charge on any atom is -0.781 e. The molecule has 0 aliphatic rings. The minimum absolute atomic E-state index is 0. The summed E-state index contributed by atoms with van der Waals surface area (Å²) < 4.78 is 36.7. The van der Waals surface area contributed by atoms with Crippen molar-refractivity contribution in [2.75, 3.05) is 61.8 Å². The monoisotopic (exact) mass is 893 g/mol. The molecule has 0 aliphatic heterocycles. The van der Waals surface area contributed by atoms with E-state index in [1.807, 2.05) is 0 Å². The fourth-order valence-corrected chi connectivity index (χ4v) is 0. The van der Waals surface area contributed by atoms with Gasteiger partial charge in [0.1, 0.15) is 8.25 Å². The molecule has 204 valence electrons. The van der Waals surface area contributed by atoms with E-state index < -0.39 is 24.1 Å². The first-order valence-corrected chi connectivity index (χ1v) is 16.7. The zero-order valence-electron chi connectivity index (χ0n) is 22.7. The average Bonchev–Trinajstić information content (AvgIpc) is 2.76. The standard InChI is InChI=1S/C2H7O2P.C2H7OP.C2H7PS.4C2H4.CH5O3P.2CH4O.4Y/c1-4-5(2)3;1-4(2)3;1-3(2)4;4*1-2;1-4-5(2)3;2*1-2;;;;/h5H,1-2H3;4H,1-2H3;3H,1-2H3;4*1-2H2;5H,1H3,(H,2,3);2*2H,1H3;;;;/p-1. The molecular weight excluding hydrogens is 844 g/mol. The van der Waals surface area contributed by atoms with E-state index in [1.165, 1.54) is 7.11 Å². The van der Waals surface area contributed by atoms with Crippen LogP contribution in [0, 0.1) is 0 Å². The van der Waals surface area contributed by atoms with Gasteiger partial charge in [0, 0.05) is 166 Å². The molecule has 0 fully saturated rings. The second-order valence-corrected chi connectivity index (χ2v) is 11.3. The number of aliphatic hydroxyl groups is 2. The van der Waals surface area contributed by atoms with E-state index >= 15 is 0 Å². The number of rotatable bonds is 2. The summed E-state index contributed by atoms with van der Waals surface area (Å²) in [6, 6.07) is 0. The van der Waals surface area contributed by atoms with Gasteiger partial charge in [0.05, 0.1) is 7.80 Å². The van der Waals surface area contributed by atoms with E-state index in [4.69, 9.17) is 22.0 Å². The Hall–Kier alpha value is 4.52. The topological polar surface area (TPSA) is 133 Å². The van der Waals surface area contributed by atoms with Gasteiger partial charge in [0.25, 0.3) is 0 Å². The van der Waals surface area contributed by atoms with Gasteiger partial charge in [0.2, 0.25) is 0 Å². The molecule has 2 unspecified atom stereocenters. The molecule has 0 amide bonds. The van der Waals surface area contributed by atoms with E-state index in [0.29, 0.717) is 0 Å². The Morgan fingerprint density at radius 3 is 0.676 bits per heavy atom. The van der Waals surface area contributed by atoms with Gasteiger partial charge in [-0.05, 0) is 26.7 Å². The van der Waals surface area contributed by atoms with Crippen LogP contribution in [0.2, 0.25) is 0 Å². The maximum atomic E-state index is 9.78. The van der Waals surface area contributed by atoms with Crippen LogP contribution in [0.5, 0.6) is 0 Å². The fourth-order valence-electron chi connectivity index (χ4n) is 0. The Bertz CT molecular complexity index is 300. The zero-order valence-corrected chi connectivity index (χ0v) is 38.9. The third kappa shape index (κ3) is 635. The molecule has 0 aromatic heterocycles.